The summed E-state index contributed by atoms with van der Waals surface area (Å²) >= 11 is 6.08. The second kappa shape index (κ2) is 5.51. The van der Waals surface area contributed by atoms with Gasteiger partial charge < -0.3 is 9.73 Å². The first-order valence-electron chi connectivity index (χ1n) is 6.71. The predicted molar refractivity (Wildman–Crippen MR) is 83.3 cm³/mol. The zero-order chi connectivity index (χ0) is 15.0. The van der Waals surface area contributed by atoms with Crippen molar-refractivity contribution in [3.05, 3.63) is 70.2 Å². The summed E-state index contributed by atoms with van der Waals surface area (Å²) < 4.78 is 19.5. The van der Waals surface area contributed by atoms with Gasteiger partial charge in [-0.1, -0.05) is 35.4 Å². The van der Waals surface area contributed by atoms with Crippen molar-refractivity contribution >= 4 is 22.6 Å². The topological polar surface area (TPSA) is 25.2 Å². The van der Waals surface area contributed by atoms with Crippen LogP contribution in [-0.4, -0.2) is 7.05 Å². The van der Waals surface area contributed by atoms with Crippen molar-refractivity contribution in [2.75, 3.05) is 7.05 Å². The van der Waals surface area contributed by atoms with Crippen LogP contribution in [0.4, 0.5) is 4.39 Å². The van der Waals surface area contributed by atoms with E-state index in [1.807, 2.05) is 25.1 Å². The molecule has 1 aromatic heterocycles. The lowest BCUT2D eigenvalue weighted by molar-refractivity contribution is 0.490. The molecule has 0 spiro atoms. The number of benzene rings is 2. The zero-order valence-corrected chi connectivity index (χ0v) is 12.5. The van der Waals surface area contributed by atoms with Crippen molar-refractivity contribution < 1.29 is 8.81 Å². The molecular weight excluding hydrogens is 289 g/mol. The molecule has 0 fully saturated rings. The summed E-state index contributed by atoms with van der Waals surface area (Å²) in [5.74, 6) is 0.284. The van der Waals surface area contributed by atoms with Gasteiger partial charge in [0.1, 0.15) is 17.2 Å². The van der Waals surface area contributed by atoms with E-state index in [0.717, 1.165) is 11.0 Å². The lowest BCUT2D eigenvalue weighted by Gasteiger charge is -2.15. The van der Waals surface area contributed by atoms with Gasteiger partial charge in [-0.3, -0.25) is 0 Å². The summed E-state index contributed by atoms with van der Waals surface area (Å²) in [6, 6.07) is 12.5. The maximum atomic E-state index is 13.7. The number of aryl methyl sites for hydroxylation is 1. The maximum absolute atomic E-state index is 13.7. The Morgan fingerprint density at radius 3 is 2.76 bits per heavy atom. The second-order valence-corrected chi connectivity index (χ2v) is 5.43. The number of nitrogens with one attached hydrogen (secondary N) is 1. The Morgan fingerprint density at radius 1 is 1.19 bits per heavy atom. The van der Waals surface area contributed by atoms with E-state index in [1.54, 1.807) is 19.2 Å². The van der Waals surface area contributed by atoms with Crippen LogP contribution < -0.4 is 5.32 Å². The molecule has 2 aromatic carbocycles. The summed E-state index contributed by atoms with van der Waals surface area (Å²) in [7, 11) is 1.80. The molecule has 0 aliphatic heterocycles. The van der Waals surface area contributed by atoms with Crippen LogP contribution in [0.1, 0.15) is 22.9 Å². The van der Waals surface area contributed by atoms with Crippen LogP contribution in [-0.2, 0) is 0 Å². The number of halogens is 2. The standard InChI is InChI=1S/C17H15ClFNO/c1-10-6-7-14-11(8-10)9-15(21-14)17(20-2)12-4-3-5-13(19)16(12)18/h3-9,17,20H,1-2H3. The average Bonchev–Trinajstić information content (AvgIpc) is 2.87. The molecule has 108 valence electrons. The van der Waals surface area contributed by atoms with Gasteiger partial charge in [0.15, 0.2) is 0 Å². The zero-order valence-electron chi connectivity index (χ0n) is 11.8. The van der Waals surface area contributed by atoms with Crippen molar-refractivity contribution in [3.8, 4) is 0 Å². The SMILES string of the molecule is CNC(c1cc2cc(C)ccc2o1)c1cccc(F)c1Cl. The van der Waals surface area contributed by atoms with E-state index in [2.05, 4.69) is 11.4 Å². The van der Waals surface area contributed by atoms with Crippen molar-refractivity contribution in [2.24, 2.45) is 0 Å². The van der Waals surface area contributed by atoms with E-state index in [0.29, 0.717) is 11.3 Å². The third kappa shape index (κ3) is 2.55. The van der Waals surface area contributed by atoms with Crippen molar-refractivity contribution in [3.63, 3.8) is 0 Å². The minimum atomic E-state index is -0.429. The molecule has 1 atom stereocenters. The molecule has 3 aromatic rings. The number of furan rings is 1. The third-order valence-electron chi connectivity index (χ3n) is 3.56. The molecule has 0 amide bonds. The first-order chi connectivity index (χ1) is 10.1. The molecule has 3 rings (SSSR count). The minimum absolute atomic E-state index is 0.119. The van der Waals surface area contributed by atoms with Crippen LogP contribution in [0.2, 0.25) is 5.02 Å². The smallest absolute Gasteiger partial charge is 0.142 e. The Labute approximate surface area is 127 Å². The third-order valence-corrected chi connectivity index (χ3v) is 3.96. The van der Waals surface area contributed by atoms with Crippen molar-refractivity contribution in [1.82, 2.24) is 5.32 Å². The quantitative estimate of drug-likeness (QED) is 0.749. The van der Waals surface area contributed by atoms with Crippen LogP contribution in [0.25, 0.3) is 11.0 Å². The van der Waals surface area contributed by atoms with Crippen molar-refractivity contribution in [1.29, 1.82) is 0 Å². The van der Waals surface area contributed by atoms with E-state index in [4.69, 9.17) is 16.0 Å². The van der Waals surface area contributed by atoms with Gasteiger partial charge in [0.25, 0.3) is 0 Å². The average molecular weight is 304 g/mol. The van der Waals surface area contributed by atoms with Gasteiger partial charge in [-0.05, 0) is 43.8 Å². The highest BCUT2D eigenvalue weighted by atomic mass is 35.5. The van der Waals surface area contributed by atoms with Gasteiger partial charge >= 0.3 is 0 Å². The molecule has 2 nitrogen and oxygen atoms in total. The van der Waals surface area contributed by atoms with Gasteiger partial charge in [0.2, 0.25) is 0 Å². The van der Waals surface area contributed by atoms with Gasteiger partial charge in [-0.25, -0.2) is 4.39 Å². The first kappa shape index (κ1) is 14.1. The Hall–Kier alpha value is -1.84. The summed E-state index contributed by atoms with van der Waals surface area (Å²) in [6.07, 6.45) is 0. The summed E-state index contributed by atoms with van der Waals surface area (Å²) in [6.45, 7) is 2.03. The maximum Gasteiger partial charge on any atom is 0.142 e. The molecule has 0 aliphatic carbocycles. The molecule has 0 bridgehead atoms. The minimum Gasteiger partial charge on any atom is -0.459 e. The van der Waals surface area contributed by atoms with E-state index < -0.39 is 5.82 Å². The van der Waals surface area contributed by atoms with Crippen LogP contribution in [0.15, 0.2) is 46.9 Å². The van der Waals surface area contributed by atoms with Crippen LogP contribution in [0.3, 0.4) is 0 Å². The summed E-state index contributed by atoms with van der Waals surface area (Å²) in [5.41, 5.74) is 2.64. The molecule has 1 heterocycles. The normalized spacial score (nSPS) is 12.8. The summed E-state index contributed by atoms with van der Waals surface area (Å²) in [5, 5.41) is 4.28. The second-order valence-electron chi connectivity index (χ2n) is 5.05. The monoisotopic (exact) mass is 303 g/mol. The molecule has 0 saturated heterocycles. The van der Waals surface area contributed by atoms with Crippen LogP contribution in [0.5, 0.6) is 0 Å². The van der Waals surface area contributed by atoms with E-state index in [-0.39, 0.29) is 11.1 Å². The Balaban J connectivity index is 2.11. The molecular formula is C17H15ClFNO. The lowest BCUT2D eigenvalue weighted by atomic mass is 10.0. The highest BCUT2D eigenvalue weighted by molar-refractivity contribution is 6.31. The van der Waals surface area contributed by atoms with E-state index in [9.17, 15) is 4.39 Å². The predicted octanol–water partition coefficient (Wildman–Crippen LogP) is 4.84. The summed E-state index contributed by atoms with van der Waals surface area (Å²) in [4.78, 5) is 0. The Bertz CT molecular complexity index is 797. The highest BCUT2D eigenvalue weighted by Gasteiger charge is 2.20. The number of rotatable bonds is 3. The van der Waals surface area contributed by atoms with Gasteiger partial charge in [0, 0.05) is 5.39 Å². The van der Waals surface area contributed by atoms with E-state index >= 15 is 0 Å². The largest absolute Gasteiger partial charge is 0.459 e. The number of hydrogen-bond acceptors (Lipinski definition) is 2. The molecule has 21 heavy (non-hydrogen) atoms. The molecule has 0 radical (unpaired) electrons. The molecule has 4 heteroatoms. The Kier molecular flexibility index (Phi) is 3.70. The molecule has 1 N–H and O–H groups in total. The fourth-order valence-electron chi connectivity index (χ4n) is 2.52. The Morgan fingerprint density at radius 2 is 2.00 bits per heavy atom. The first-order valence-corrected chi connectivity index (χ1v) is 7.09. The van der Waals surface area contributed by atoms with Crippen LogP contribution >= 0.6 is 11.6 Å². The fourth-order valence-corrected chi connectivity index (χ4v) is 2.76. The number of fused-ring (bicyclic) bond motifs is 1. The molecule has 0 saturated carbocycles. The lowest BCUT2D eigenvalue weighted by Crippen LogP contribution is -2.17. The van der Waals surface area contributed by atoms with Gasteiger partial charge in [0.05, 0.1) is 11.1 Å². The van der Waals surface area contributed by atoms with Crippen LogP contribution in [0, 0.1) is 12.7 Å². The fraction of sp³-hybridized carbons (Fsp3) is 0.176. The van der Waals surface area contributed by atoms with E-state index in [1.165, 1.54) is 11.6 Å². The van der Waals surface area contributed by atoms with Gasteiger partial charge in [-0.2, -0.15) is 0 Å². The van der Waals surface area contributed by atoms with Gasteiger partial charge in [-0.15, -0.1) is 0 Å². The highest BCUT2D eigenvalue weighted by Crippen LogP contribution is 2.33. The van der Waals surface area contributed by atoms with Crippen molar-refractivity contribution in [2.45, 2.75) is 13.0 Å². The molecule has 0 aliphatic rings. The number of hydrogen-bond donors (Lipinski definition) is 1. The molecule has 1 unspecified atom stereocenters.